The Morgan fingerprint density at radius 1 is 1.70 bits per heavy atom. The second kappa shape index (κ2) is 2.42. The summed E-state index contributed by atoms with van der Waals surface area (Å²) in [4.78, 5) is 0. The molecule has 0 saturated carbocycles. The molecule has 0 amide bonds. The Morgan fingerprint density at radius 2 is 2.70 bits per heavy atom. The van der Waals surface area contributed by atoms with Gasteiger partial charge in [-0.25, -0.2) is 0 Å². The molecule has 1 aliphatic rings. The number of aromatic nitrogens is 2. The zero-order chi connectivity index (χ0) is 6.81. The van der Waals surface area contributed by atoms with Gasteiger partial charge in [0.05, 0.1) is 12.3 Å². The minimum atomic E-state index is 0.534. The molecule has 0 unspecified atom stereocenters. The van der Waals surface area contributed by atoms with Gasteiger partial charge in [-0.3, -0.25) is 5.10 Å². The first-order chi connectivity index (χ1) is 4.97. The standard InChI is InChI=1S/C7H10N2O/c1-3-8-9-7(1)6-2-4-10-5-6/h1,3,6H,2,4-5H2,(H,8,9)/t6-/m1/s1. The lowest BCUT2D eigenvalue weighted by Crippen LogP contribution is -1.97. The van der Waals surface area contributed by atoms with E-state index in [1.807, 2.05) is 12.3 Å². The van der Waals surface area contributed by atoms with Crippen molar-refractivity contribution in [3.63, 3.8) is 0 Å². The number of aromatic amines is 1. The lowest BCUT2D eigenvalue weighted by molar-refractivity contribution is 0.193. The summed E-state index contributed by atoms with van der Waals surface area (Å²) in [6.07, 6.45) is 2.97. The van der Waals surface area contributed by atoms with Crippen LogP contribution in [0, 0.1) is 0 Å². The van der Waals surface area contributed by atoms with E-state index < -0.39 is 0 Å². The van der Waals surface area contributed by atoms with Crippen molar-refractivity contribution in [1.82, 2.24) is 10.2 Å². The highest BCUT2D eigenvalue weighted by Crippen LogP contribution is 2.22. The molecule has 1 fully saturated rings. The second-order valence-electron chi connectivity index (χ2n) is 2.56. The molecule has 1 atom stereocenters. The molecule has 3 nitrogen and oxygen atoms in total. The van der Waals surface area contributed by atoms with Gasteiger partial charge in [0.1, 0.15) is 0 Å². The maximum Gasteiger partial charge on any atom is 0.0676 e. The van der Waals surface area contributed by atoms with Crippen molar-refractivity contribution < 1.29 is 4.74 Å². The Labute approximate surface area is 59.4 Å². The maximum atomic E-state index is 5.23. The van der Waals surface area contributed by atoms with Crippen LogP contribution in [0.4, 0.5) is 0 Å². The van der Waals surface area contributed by atoms with Crippen LogP contribution in [-0.2, 0) is 4.74 Å². The summed E-state index contributed by atoms with van der Waals surface area (Å²) >= 11 is 0. The van der Waals surface area contributed by atoms with Crippen LogP contribution in [0.15, 0.2) is 12.3 Å². The maximum absolute atomic E-state index is 5.23. The molecule has 2 rings (SSSR count). The normalized spacial score (nSPS) is 25.4. The number of hydrogen-bond acceptors (Lipinski definition) is 2. The summed E-state index contributed by atoms with van der Waals surface area (Å²) < 4.78 is 5.23. The van der Waals surface area contributed by atoms with Crippen molar-refractivity contribution in [3.8, 4) is 0 Å². The predicted molar refractivity (Wildman–Crippen MR) is 36.8 cm³/mol. The van der Waals surface area contributed by atoms with Crippen molar-refractivity contribution in [2.75, 3.05) is 13.2 Å². The van der Waals surface area contributed by atoms with Crippen LogP contribution in [0.25, 0.3) is 0 Å². The Hall–Kier alpha value is -0.830. The summed E-state index contributed by atoms with van der Waals surface area (Å²) in [5.74, 6) is 0.534. The molecule has 0 spiro atoms. The van der Waals surface area contributed by atoms with Gasteiger partial charge < -0.3 is 4.74 Å². The van der Waals surface area contributed by atoms with Crippen molar-refractivity contribution >= 4 is 0 Å². The Kier molecular flexibility index (Phi) is 1.43. The van der Waals surface area contributed by atoms with E-state index in [0.717, 1.165) is 25.3 Å². The van der Waals surface area contributed by atoms with Crippen LogP contribution < -0.4 is 0 Å². The third-order valence-electron chi connectivity index (χ3n) is 1.87. The van der Waals surface area contributed by atoms with E-state index in [4.69, 9.17) is 4.74 Å². The molecule has 1 N–H and O–H groups in total. The lowest BCUT2D eigenvalue weighted by atomic mass is 10.1. The molecule has 1 aromatic rings. The number of nitrogens with zero attached hydrogens (tertiary/aromatic N) is 1. The van der Waals surface area contributed by atoms with E-state index in [0.29, 0.717) is 5.92 Å². The number of hydrogen-bond donors (Lipinski definition) is 1. The van der Waals surface area contributed by atoms with E-state index in [1.165, 1.54) is 0 Å². The average molecular weight is 138 g/mol. The van der Waals surface area contributed by atoms with E-state index in [9.17, 15) is 0 Å². The minimum absolute atomic E-state index is 0.534. The molecule has 0 bridgehead atoms. The summed E-state index contributed by atoms with van der Waals surface area (Å²) in [7, 11) is 0. The van der Waals surface area contributed by atoms with Gasteiger partial charge in [-0.15, -0.1) is 0 Å². The van der Waals surface area contributed by atoms with Crippen molar-refractivity contribution in [1.29, 1.82) is 0 Å². The largest absolute Gasteiger partial charge is 0.381 e. The Balaban J connectivity index is 2.12. The molecule has 10 heavy (non-hydrogen) atoms. The van der Waals surface area contributed by atoms with Gasteiger partial charge in [-0.2, -0.15) is 5.10 Å². The molecule has 1 aliphatic heterocycles. The minimum Gasteiger partial charge on any atom is -0.381 e. The molecule has 1 saturated heterocycles. The third-order valence-corrected chi connectivity index (χ3v) is 1.87. The van der Waals surface area contributed by atoms with E-state index in [2.05, 4.69) is 10.2 Å². The molecule has 1 aromatic heterocycles. The van der Waals surface area contributed by atoms with Gasteiger partial charge in [-0.05, 0) is 12.5 Å². The predicted octanol–water partition coefficient (Wildman–Crippen LogP) is 0.914. The number of H-pyrrole nitrogens is 1. The number of ether oxygens (including phenoxy) is 1. The van der Waals surface area contributed by atoms with Gasteiger partial charge in [0.2, 0.25) is 0 Å². The number of rotatable bonds is 1. The van der Waals surface area contributed by atoms with E-state index in [-0.39, 0.29) is 0 Å². The van der Waals surface area contributed by atoms with Gasteiger partial charge in [0.25, 0.3) is 0 Å². The van der Waals surface area contributed by atoms with E-state index >= 15 is 0 Å². The fourth-order valence-electron chi connectivity index (χ4n) is 1.27. The Morgan fingerprint density at radius 3 is 3.30 bits per heavy atom. The molecular weight excluding hydrogens is 128 g/mol. The molecule has 3 heteroatoms. The van der Waals surface area contributed by atoms with Crippen LogP contribution in [0.1, 0.15) is 18.0 Å². The SMILES string of the molecule is c1cc([C@@H]2CCOC2)n[nH]1. The van der Waals surface area contributed by atoms with Gasteiger partial charge >= 0.3 is 0 Å². The van der Waals surface area contributed by atoms with Gasteiger partial charge in [0, 0.05) is 18.7 Å². The summed E-state index contributed by atoms with van der Waals surface area (Å²) in [6.45, 7) is 1.72. The summed E-state index contributed by atoms with van der Waals surface area (Å²) in [5.41, 5.74) is 1.14. The highest BCUT2D eigenvalue weighted by atomic mass is 16.5. The van der Waals surface area contributed by atoms with Gasteiger partial charge in [0.15, 0.2) is 0 Å². The van der Waals surface area contributed by atoms with E-state index in [1.54, 1.807) is 0 Å². The van der Waals surface area contributed by atoms with Crippen molar-refractivity contribution in [2.45, 2.75) is 12.3 Å². The van der Waals surface area contributed by atoms with Crippen LogP contribution in [-0.4, -0.2) is 23.4 Å². The summed E-state index contributed by atoms with van der Waals surface area (Å²) in [5, 5.41) is 6.89. The second-order valence-corrected chi connectivity index (χ2v) is 2.56. The molecule has 54 valence electrons. The molecule has 0 radical (unpaired) electrons. The molecular formula is C7H10N2O. The molecule has 0 aliphatic carbocycles. The number of nitrogens with one attached hydrogen (secondary N) is 1. The highest BCUT2D eigenvalue weighted by molar-refractivity contribution is 5.06. The van der Waals surface area contributed by atoms with Crippen molar-refractivity contribution in [2.24, 2.45) is 0 Å². The smallest absolute Gasteiger partial charge is 0.0676 e. The first-order valence-electron chi connectivity index (χ1n) is 3.54. The first-order valence-corrected chi connectivity index (χ1v) is 3.54. The highest BCUT2D eigenvalue weighted by Gasteiger charge is 2.18. The lowest BCUT2D eigenvalue weighted by Gasteiger charge is -1.99. The quantitative estimate of drug-likeness (QED) is 0.626. The average Bonchev–Trinajstić information content (AvgIpc) is 2.59. The monoisotopic (exact) mass is 138 g/mol. The van der Waals surface area contributed by atoms with Crippen LogP contribution in [0.5, 0.6) is 0 Å². The fraction of sp³-hybridized carbons (Fsp3) is 0.571. The first kappa shape index (κ1) is 5.92. The Bertz CT molecular complexity index is 189. The van der Waals surface area contributed by atoms with Gasteiger partial charge in [-0.1, -0.05) is 0 Å². The summed E-state index contributed by atoms with van der Waals surface area (Å²) in [6, 6.07) is 2.01. The van der Waals surface area contributed by atoms with Crippen LogP contribution in [0.2, 0.25) is 0 Å². The fourth-order valence-corrected chi connectivity index (χ4v) is 1.27. The zero-order valence-electron chi connectivity index (χ0n) is 5.71. The van der Waals surface area contributed by atoms with Crippen molar-refractivity contribution in [3.05, 3.63) is 18.0 Å². The van der Waals surface area contributed by atoms with Crippen LogP contribution >= 0.6 is 0 Å². The topological polar surface area (TPSA) is 37.9 Å². The zero-order valence-corrected chi connectivity index (χ0v) is 5.71. The van der Waals surface area contributed by atoms with Crippen LogP contribution in [0.3, 0.4) is 0 Å². The third kappa shape index (κ3) is 0.926. The molecule has 2 heterocycles. The molecule has 0 aromatic carbocycles.